The highest BCUT2D eigenvalue weighted by molar-refractivity contribution is 5.37. The Kier molecular flexibility index (Phi) is 3.63. The SMILES string of the molecule is CCc1cccc(Cc2cccc(C)c2C)c1. The van der Waals surface area contributed by atoms with Gasteiger partial charge in [0.25, 0.3) is 0 Å². The highest BCUT2D eigenvalue weighted by atomic mass is 14.1. The van der Waals surface area contributed by atoms with Gasteiger partial charge in [0, 0.05) is 0 Å². The Morgan fingerprint density at radius 2 is 1.59 bits per heavy atom. The third-order valence-corrected chi connectivity index (χ3v) is 3.51. The summed E-state index contributed by atoms with van der Waals surface area (Å²) in [5.41, 5.74) is 7.09. The molecule has 0 amide bonds. The van der Waals surface area contributed by atoms with E-state index >= 15 is 0 Å². The van der Waals surface area contributed by atoms with Gasteiger partial charge in [-0.1, -0.05) is 49.4 Å². The number of rotatable bonds is 3. The van der Waals surface area contributed by atoms with Crippen LogP contribution in [0.3, 0.4) is 0 Å². The number of hydrogen-bond donors (Lipinski definition) is 0. The lowest BCUT2D eigenvalue weighted by Gasteiger charge is -2.09. The van der Waals surface area contributed by atoms with Crippen LogP contribution in [0.2, 0.25) is 0 Å². The smallest absolute Gasteiger partial charge is 0.00230 e. The zero-order chi connectivity index (χ0) is 12.3. The maximum Gasteiger partial charge on any atom is -0.00230 e. The van der Waals surface area contributed by atoms with Crippen molar-refractivity contribution >= 4 is 0 Å². The van der Waals surface area contributed by atoms with E-state index in [1.807, 2.05) is 0 Å². The van der Waals surface area contributed by atoms with Crippen LogP contribution in [0, 0.1) is 13.8 Å². The van der Waals surface area contributed by atoms with E-state index in [1.165, 1.54) is 27.8 Å². The molecule has 2 aromatic rings. The predicted octanol–water partition coefficient (Wildman–Crippen LogP) is 4.46. The van der Waals surface area contributed by atoms with Crippen LogP contribution in [-0.2, 0) is 12.8 Å². The number of aryl methyl sites for hydroxylation is 2. The topological polar surface area (TPSA) is 0 Å². The average Bonchev–Trinajstić information content (AvgIpc) is 2.35. The molecule has 0 fully saturated rings. The van der Waals surface area contributed by atoms with Crippen LogP contribution in [0.1, 0.15) is 34.7 Å². The van der Waals surface area contributed by atoms with E-state index in [0.717, 1.165) is 12.8 Å². The standard InChI is InChI=1S/C17H20/c1-4-15-8-6-9-16(11-15)12-17-10-5-7-13(2)14(17)3/h5-11H,4,12H2,1-3H3. The minimum atomic E-state index is 1.04. The first-order valence-electron chi connectivity index (χ1n) is 6.33. The van der Waals surface area contributed by atoms with Gasteiger partial charge in [0.1, 0.15) is 0 Å². The summed E-state index contributed by atoms with van der Waals surface area (Å²) in [4.78, 5) is 0. The molecule has 17 heavy (non-hydrogen) atoms. The molecule has 0 spiro atoms. The van der Waals surface area contributed by atoms with E-state index in [0.29, 0.717) is 0 Å². The molecule has 0 saturated heterocycles. The monoisotopic (exact) mass is 224 g/mol. The first-order valence-corrected chi connectivity index (χ1v) is 6.33. The second-order valence-corrected chi connectivity index (χ2v) is 4.71. The van der Waals surface area contributed by atoms with Crippen LogP contribution >= 0.6 is 0 Å². The van der Waals surface area contributed by atoms with Gasteiger partial charge in [-0.25, -0.2) is 0 Å². The number of benzene rings is 2. The normalized spacial score (nSPS) is 10.5. The first-order chi connectivity index (χ1) is 8.20. The summed E-state index contributed by atoms with van der Waals surface area (Å²) in [6, 6.07) is 15.5. The highest BCUT2D eigenvalue weighted by Crippen LogP contribution is 2.17. The van der Waals surface area contributed by atoms with Gasteiger partial charge in [0.15, 0.2) is 0 Å². The van der Waals surface area contributed by atoms with Crippen molar-refractivity contribution in [1.82, 2.24) is 0 Å². The molecule has 0 aliphatic heterocycles. The Bertz CT molecular complexity index is 509. The van der Waals surface area contributed by atoms with Crippen LogP contribution < -0.4 is 0 Å². The van der Waals surface area contributed by atoms with Crippen molar-refractivity contribution in [1.29, 1.82) is 0 Å². The van der Waals surface area contributed by atoms with Crippen molar-refractivity contribution in [3.8, 4) is 0 Å². The minimum absolute atomic E-state index is 1.04. The van der Waals surface area contributed by atoms with E-state index in [4.69, 9.17) is 0 Å². The third-order valence-electron chi connectivity index (χ3n) is 3.51. The third kappa shape index (κ3) is 2.76. The Balaban J connectivity index is 2.28. The van der Waals surface area contributed by atoms with Gasteiger partial charge in [-0.3, -0.25) is 0 Å². The van der Waals surface area contributed by atoms with E-state index in [2.05, 4.69) is 63.2 Å². The Labute approximate surface area is 104 Å². The highest BCUT2D eigenvalue weighted by Gasteiger charge is 2.02. The molecule has 0 heteroatoms. The zero-order valence-electron chi connectivity index (χ0n) is 11.0. The van der Waals surface area contributed by atoms with Crippen LogP contribution in [0.4, 0.5) is 0 Å². The molecule has 0 radical (unpaired) electrons. The van der Waals surface area contributed by atoms with Crippen LogP contribution in [0.5, 0.6) is 0 Å². The molecule has 0 aliphatic carbocycles. The summed E-state index contributed by atoms with van der Waals surface area (Å²) >= 11 is 0. The van der Waals surface area contributed by atoms with E-state index in [1.54, 1.807) is 0 Å². The second kappa shape index (κ2) is 5.18. The fourth-order valence-corrected chi connectivity index (χ4v) is 2.18. The number of hydrogen-bond acceptors (Lipinski definition) is 0. The molecule has 2 aromatic carbocycles. The van der Waals surface area contributed by atoms with Crippen molar-refractivity contribution in [2.75, 3.05) is 0 Å². The molecule has 0 heterocycles. The van der Waals surface area contributed by atoms with E-state index < -0.39 is 0 Å². The van der Waals surface area contributed by atoms with Crippen LogP contribution in [0.15, 0.2) is 42.5 Å². The first kappa shape index (κ1) is 11.9. The second-order valence-electron chi connectivity index (χ2n) is 4.71. The summed E-state index contributed by atoms with van der Waals surface area (Å²) in [7, 11) is 0. The molecule has 0 unspecified atom stereocenters. The van der Waals surface area contributed by atoms with Crippen molar-refractivity contribution in [2.45, 2.75) is 33.6 Å². The summed E-state index contributed by atoms with van der Waals surface area (Å²) in [5.74, 6) is 0. The van der Waals surface area contributed by atoms with E-state index in [-0.39, 0.29) is 0 Å². The quantitative estimate of drug-likeness (QED) is 0.722. The van der Waals surface area contributed by atoms with Gasteiger partial charge in [-0.05, 0) is 54.5 Å². The van der Waals surface area contributed by atoms with Crippen molar-refractivity contribution in [3.63, 3.8) is 0 Å². The Morgan fingerprint density at radius 3 is 2.35 bits per heavy atom. The molecule has 0 aromatic heterocycles. The Hall–Kier alpha value is -1.56. The summed E-state index contributed by atoms with van der Waals surface area (Å²) in [6.45, 7) is 6.60. The zero-order valence-corrected chi connectivity index (χ0v) is 11.0. The van der Waals surface area contributed by atoms with Crippen LogP contribution in [0.25, 0.3) is 0 Å². The molecule has 0 atom stereocenters. The summed E-state index contributed by atoms with van der Waals surface area (Å²) in [5, 5.41) is 0. The maximum absolute atomic E-state index is 2.32. The summed E-state index contributed by atoms with van der Waals surface area (Å²) in [6.07, 6.45) is 2.15. The largest absolute Gasteiger partial charge is 0.0617 e. The average molecular weight is 224 g/mol. The summed E-state index contributed by atoms with van der Waals surface area (Å²) < 4.78 is 0. The van der Waals surface area contributed by atoms with Crippen molar-refractivity contribution < 1.29 is 0 Å². The lowest BCUT2D eigenvalue weighted by atomic mass is 9.96. The molecule has 88 valence electrons. The molecule has 2 rings (SSSR count). The maximum atomic E-state index is 2.32. The molecule has 0 N–H and O–H groups in total. The fraction of sp³-hybridized carbons (Fsp3) is 0.294. The van der Waals surface area contributed by atoms with Gasteiger partial charge in [0.05, 0.1) is 0 Å². The van der Waals surface area contributed by atoms with Gasteiger partial charge < -0.3 is 0 Å². The molecule has 0 bridgehead atoms. The predicted molar refractivity (Wildman–Crippen MR) is 74.5 cm³/mol. The minimum Gasteiger partial charge on any atom is -0.0617 e. The van der Waals surface area contributed by atoms with Crippen molar-refractivity contribution in [2.24, 2.45) is 0 Å². The van der Waals surface area contributed by atoms with Gasteiger partial charge in [-0.15, -0.1) is 0 Å². The molecule has 0 aliphatic rings. The molecular formula is C17H20. The van der Waals surface area contributed by atoms with Gasteiger partial charge in [-0.2, -0.15) is 0 Å². The van der Waals surface area contributed by atoms with Gasteiger partial charge in [0.2, 0.25) is 0 Å². The van der Waals surface area contributed by atoms with Crippen LogP contribution in [-0.4, -0.2) is 0 Å². The molecular weight excluding hydrogens is 204 g/mol. The lowest BCUT2D eigenvalue weighted by Crippen LogP contribution is -1.94. The van der Waals surface area contributed by atoms with Crippen molar-refractivity contribution in [3.05, 3.63) is 70.3 Å². The van der Waals surface area contributed by atoms with E-state index in [9.17, 15) is 0 Å². The molecule has 0 nitrogen and oxygen atoms in total. The lowest BCUT2D eigenvalue weighted by molar-refractivity contribution is 1.09. The fourth-order valence-electron chi connectivity index (χ4n) is 2.18. The van der Waals surface area contributed by atoms with Gasteiger partial charge >= 0.3 is 0 Å². The molecule has 0 saturated carbocycles. The Morgan fingerprint density at radius 1 is 0.882 bits per heavy atom.